The number of nitrogens with one attached hydrogen (secondary N) is 1. The first-order valence-electron chi connectivity index (χ1n) is 6.12. The second kappa shape index (κ2) is 5.69. The van der Waals surface area contributed by atoms with E-state index in [2.05, 4.69) is 48.6 Å². The van der Waals surface area contributed by atoms with Crippen molar-refractivity contribution in [2.45, 2.75) is 13.0 Å². The Morgan fingerprint density at radius 2 is 1.72 bits per heavy atom. The molecule has 0 aliphatic carbocycles. The number of ether oxygens (including phenoxy) is 1. The van der Waals surface area contributed by atoms with E-state index in [1.54, 1.807) is 7.11 Å². The summed E-state index contributed by atoms with van der Waals surface area (Å²) in [5, 5.41) is 3.35. The maximum Gasteiger partial charge on any atom is 0.119 e. The van der Waals surface area contributed by atoms with E-state index in [1.165, 1.54) is 16.7 Å². The van der Waals surface area contributed by atoms with Gasteiger partial charge in [0.1, 0.15) is 5.75 Å². The van der Waals surface area contributed by atoms with Gasteiger partial charge in [-0.3, -0.25) is 0 Å². The second-order valence-corrected chi connectivity index (χ2v) is 4.41. The van der Waals surface area contributed by atoms with Gasteiger partial charge in [0.2, 0.25) is 0 Å². The first-order chi connectivity index (χ1) is 8.74. The van der Waals surface area contributed by atoms with Crippen LogP contribution in [0.5, 0.6) is 5.75 Å². The van der Waals surface area contributed by atoms with E-state index < -0.39 is 0 Å². The molecule has 0 heterocycles. The normalized spacial score (nSPS) is 12.2. The molecule has 0 aromatic heterocycles. The fraction of sp³-hybridized carbons (Fsp3) is 0.250. The van der Waals surface area contributed by atoms with Crippen molar-refractivity contribution in [2.75, 3.05) is 14.2 Å². The summed E-state index contributed by atoms with van der Waals surface area (Å²) in [6, 6.07) is 17.0. The Morgan fingerprint density at radius 1 is 1.00 bits per heavy atom. The first-order valence-corrected chi connectivity index (χ1v) is 6.12. The molecule has 0 bridgehead atoms. The van der Waals surface area contributed by atoms with Crippen molar-refractivity contribution in [1.29, 1.82) is 0 Å². The Bertz CT molecular complexity index is 505. The molecule has 2 nitrogen and oxygen atoms in total. The van der Waals surface area contributed by atoms with E-state index in [0.29, 0.717) is 0 Å². The van der Waals surface area contributed by atoms with Crippen LogP contribution in [-0.4, -0.2) is 14.2 Å². The summed E-state index contributed by atoms with van der Waals surface area (Å²) in [7, 11) is 3.67. The predicted molar refractivity (Wildman–Crippen MR) is 75.1 cm³/mol. The lowest BCUT2D eigenvalue weighted by atomic mass is 9.98. The summed E-state index contributed by atoms with van der Waals surface area (Å²) < 4.78 is 5.28. The molecule has 18 heavy (non-hydrogen) atoms. The molecule has 0 saturated heterocycles. The minimum atomic E-state index is 0.195. The van der Waals surface area contributed by atoms with Crippen LogP contribution >= 0.6 is 0 Å². The van der Waals surface area contributed by atoms with E-state index >= 15 is 0 Å². The highest BCUT2D eigenvalue weighted by molar-refractivity contribution is 5.37. The quantitative estimate of drug-likeness (QED) is 0.886. The van der Waals surface area contributed by atoms with Gasteiger partial charge in [0.15, 0.2) is 0 Å². The Labute approximate surface area is 109 Å². The number of benzene rings is 2. The van der Waals surface area contributed by atoms with Crippen molar-refractivity contribution in [1.82, 2.24) is 5.32 Å². The van der Waals surface area contributed by atoms with E-state index in [1.807, 2.05) is 19.2 Å². The molecule has 0 fully saturated rings. The average molecular weight is 241 g/mol. The Morgan fingerprint density at radius 3 is 2.33 bits per heavy atom. The third kappa shape index (κ3) is 2.71. The van der Waals surface area contributed by atoms with Crippen molar-refractivity contribution in [3.8, 4) is 5.75 Å². The van der Waals surface area contributed by atoms with Crippen molar-refractivity contribution in [3.63, 3.8) is 0 Å². The molecule has 1 atom stereocenters. The number of rotatable bonds is 4. The van der Waals surface area contributed by atoms with Gasteiger partial charge < -0.3 is 10.1 Å². The highest BCUT2D eigenvalue weighted by Crippen LogP contribution is 2.25. The van der Waals surface area contributed by atoms with Gasteiger partial charge in [0, 0.05) is 0 Å². The first kappa shape index (κ1) is 12.7. The molecule has 0 aliphatic heterocycles. The molecular weight excluding hydrogens is 222 g/mol. The second-order valence-electron chi connectivity index (χ2n) is 4.41. The van der Waals surface area contributed by atoms with E-state index in [0.717, 1.165) is 5.75 Å². The van der Waals surface area contributed by atoms with Gasteiger partial charge in [0.05, 0.1) is 13.2 Å². The Balaban J connectivity index is 2.35. The van der Waals surface area contributed by atoms with Gasteiger partial charge in [-0.25, -0.2) is 0 Å². The van der Waals surface area contributed by atoms with Gasteiger partial charge in [-0.2, -0.15) is 0 Å². The van der Waals surface area contributed by atoms with Crippen LogP contribution < -0.4 is 10.1 Å². The lowest BCUT2D eigenvalue weighted by Gasteiger charge is -2.18. The third-order valence-electron chi connectivity index (χ3n) is 3.13. The standard InChI is InChI=1S/C16H19NO/c1-12-7-9-13(10-8-12)16(17-2)14-5-4-6-15(11-14)18-3/h4-11,16-17H,1-3H3. The number of aryl methyl sites for hydroxylation is 1. The van der Waals surface area contributed by atoms with Crippen LogP contribution in [0.2, 0.25) is 0 Å². The van der Waals surface area contributed by atoms with Crippen LogP contribution in [0.15, 0.2) is 48.5 Å². The molecule has 2 heteroatoms. The topological polar surface area (TPSA) is 21.3 Å². The minimum absolute atomic E-state index is 0.195. The van der Waals surface area contributed by atoms with Crippen LogP contribution in [0.3, 0.4) is 0 Å². The summed E-state index contributed by atoms with van der Waals surface area (Å²) in [5.41, 5.74) is 3.75. The van der Waals surface area contributed by atoms with E-state index in [9.17, 15) is 0 Å². The Hall–Kier alpha value is -1.80. The fourth-order valence-electron chi connectivity index (χ4n) is 2.11. The molecule has 0 spiro atoms. The molecule has 1 N–H and O–H groups in total. The molecular formula is C16H19NO. The van der Waals surface area contributed by atoms with Gasteiger partial charge in [0.25, 0.3) is 0 Å². The third-order valence-corrected chi connectivity index (χ3v) is 3.13. The summed E-state index contributed by atoms with van der Waals surface area (Å²) >= 11 is 0. The molecule has 94 valence electrons. The highest BCUT2D eigenvalue weighted by atomic mass is 16.5. The van der Waals surface area contributed by atoms with Crippen LogP contribution in [-0.2, 0) is 0 Å². The summed E-state index contributed by atoms with van der Waals surface area (Å²) in [5.74, 6) is 0.889. The molecule has 2 rings (SSSR count). The average Bonchev–Trinajstić information content (AvgIpc) is 2.42. The minimum Gasteiger partial charge on any atom is -0.497 e. The monoisotopic (exact) mass is 241 g/mol. The zero-order valence-corrected chi connectivity index (χ0v) is 11.1. The molecule has 0 radical (unpaired) electrons. The zero-order valence-electron chi connectivity index (χ0n) is 11.1. The largest absolute Gasteiger partial charge is 0.497 e. The van der Waals surface area contributed by atoms with Gasteiger partial charge in [-0.15, -0.1) is 0 Å². The highest BCUT2D eigenvalue weighted by Gasteiger charge is 2.12. The Kier molecular flexibility index (Phi) is 4.00. The van der Waals surface area contributed by atoms with E-state index in [-0.39, 0.29) is 6.04 Å². The number of hydrogen-bond acceptors (Lipinski definition) is 2. The van der Waals surface area contributed by atoms with Crippen LogP contribution in [0, 0.1) is 6.92 Å². The van der Waals surface area contributed by atoms with Crippen LogP contribution in [0.25, 0.3) is 0 Å². The van der Waals surface area contributed by atoms with Gasteiger partial charge in [-0.1, -0.05) is 42.0 Å². The molecule has 1 unspecified atom stereocenters. The summed E-state index contributed by atoms with van der Waals surface area (Å²) in [6.07, 6.45) is 0. The molecule has 0 aliphatic rings. The van der Waals surface area contributed by atoms with Crippen molar-refractivity contribution < 1.29 is 4.74 Å². The van der Waals surface area contributed by atoms with Crippen molar-refractivity contribution in [2.24, 2.45) is 0 Å². The lowest BCUT2D eigenvalue weighted by Crippen LogP contribution is -2.17. The van der Waals surface area contributed by atoms with Crippen molar-refractivity contribution in [3.05, 3.63) is 65.2 Å². The smallest absolute Gasteiger partial charge is 0.119 e. The number of hydrogen-bond donors (Lipinski definition) is 1. The van der Waals surface area contributed by atoms with Crippen LogP contribution in [0.1, 0.15) is 22.7 Å². The van der Waals surface area contributed by atoms with Gasteiger partial charge >= 0.3 is 0 Å². The molecule has 0 saturated carbocycles. The summed E-state index contributed by atoms with van der Waals surface area (Å²) in [6.45, 7) is 2.10. The van der Waals surface area contributed by atoms with E-state index in [4.69, 9.17) is 4.74 Å². The van der Waals surface area contributed by atoms with Gasteiger partial charge in [-0.05, 0) is 37.2 Å². The summed E-state index contributed by atoms with van der Waals surface area (Å²) in [4.78, 5) is 0. The molecule has 2 aromatic rings. The fourth-order valence-corrected chi connectivity index (χ4v) is 2.11. The lowest BCUT2D eigenvalue weighted by molar-refractivity contribution is 0.414. The maximum absolute atomic E-state index is 5.28. The molecule has 0 amide bonds. The zero-order chi connectivity index (χ0) is 13.0. The van der Waals surface area contributed by atoms with Crippen LogP contribution in [0.4, 0.5) is 0 Å². The number of methoxy groups -OCH3 is 1. The SMILES string of the molecule is CNC(c1ccc(C)cc1)c1cccc(OC)c1. The predicted octanol–water partition coefficient (Wildman–Crippen LogP) is 3.31. The molecule has 2 aromatic carbocycles. The maximum atomic E-state index is 5.28. The van der Waals surface area contributed by atoms with Crippen molar-refractivity contribution >= 4 is 0 Å².